The molecule has 0 amide bonds. The highest BCUT2D eigenvalue weighted by Gasteiger charge is 2.05. The molecule has 0 saturated carbocycles. The van der Waals surface area contributed by atoms with Crippen LogP contribution in [0.15, 0.2) is 18.2 Å². The van der Waals surface area contributed by atoms with Crippen LogP contribution in [0, 0.1) is 13.8 Å². The Bertz CT molecular complexity index is 309. The molecule has 1 rings (SSSR count). The van der Waals surface area contributed by atoms with Gasteiger partial charge in [0.25, 0.3) is 0 Å². The number of aliphatic hydroxyl groups is 1. The predicted octanol–water partition coefficient (Wildman–Crippen LogP) is 2.26. The molecule has 0 unspecified atom stereocenters. The van der Waals surface area contributed by atoms with Crippen molar-refractivity contribution in [3.05, 3.63) is 34.9 Å². The van der Waals surface area contributed by atoms with Crippen LogP contribution in [-0.2, 0) is 0 Å². The van der Waals surface area contributed by atoms with Gasteiger partial charge in [-0.1, -0.05) is 17.2 Å². The maximum atomic E-state index is 11.6. The van der Waals surface area contributed by atoms with Crippen molar-refractivity contribution >= 4 is 5.78 Å². The van der Waals surface area contributed by atoms with Crippen molar-refractivity contribution in [3.8, 4) is 0 Å². The van der Waals surface area contributed by atoms with E-state index in [4.69, 9.17) is 5.11 Å². The van der Waals surface area contributed by atoms with E-state index in [1.807, 2.05) is 32.0 Å². The Kier molecular flexibility index (Phi) is 3.84. The number of aryl methyl sites for hydroxylation is 2. The van der Waals surface area contributed by atoms with Gasteiger partial charge in [-0.05, 0) is 32.4 Å². The predicted molar refractivity (Wildman–Crippen MR) is 56.6 cm³/mol. The maximum Gasteiger partial charge on any atom is 0.162 e. The van der Waals surface area contributed by atoms with E-state index >= 15 is 0 Å². The van der Waals surface area contributed by atoms with Crippen LogP contribution in [0.25, 0.3) is 0 Å². The lowest BCUT2D eigenvalue weighted by atomic mass is 10.0. The molecule has 0 fully saturated rings. The summed E-state index contributed by atoms with van der Waals surface area (Å²) < 4.78 is 0. The zero-order chi connectivity index (χ0) is 10.6. The van der Waals surface area contributed by atoms with Crippen LogP contribution >= 0.6 is 0 Å². The van der Waals surface area contributed by atoms with E-state index in [1.54, 1.807) is 0 Å². The Morgan fingerprint density at radius 1 is 1.21 bits per heavy atom. The first-order valence-electron chi connectivity index (χ1n) is 4.86. The fourth-order valence-corrected chi connectivity index (χ4v) is 1.52. The number of hydrogen-bond donors (Lipinski definition) is 1. The molecule has 2 heteroatoms. The van der Waals surface area contributed by atoms with Gasteiger partial charge < -0.3 is 5.11 Å². The average molecular weight is 192 g/mol. The van der Waals surface area contributed by atoms with E-state index in [2.05, 4.69) is 0 Å². The quantitative estimate of drug-likeness (QED) is 0.743. The fourth-order valence-electron chi connectivity index (χ4n) is 1.52. The van der Waals surface area contributed by atoms with Crippen molar-refractivity contribution in [2.75, 3.05) is 6.61 Å². The van der Waals surface area contributed by atoms with Crippen molar-refractivity contribution in [2.45, 2.75) is 26.7 Å². The van der Waals surface area contributed by atoms with Crippen molar-refractivity contribution in [2.24, 2.45) is 0 Å². The summed E-state index contributed by atoms with van der Waals surface area (Å²) in [4.78, 5) is 11.6. The van der Waals surface area contributed by atoms with Gasteiger partial charge in [0.2, 0.25) is 0 Å². The number of hydrogen-bond acceptors (Lipinski definition) is 2. The van der Waals surface area contributed by atoms with E-state index in [0.29, 0.717) is 12.8 Å². The minimum absolute atomic E-state index is 0.0799. The van der Waals surface area contributed by atoms with Gasteiger partial charge in [-0.2, -0.15) is 0 Å². The van der Waals surface area contributed by atoms with Gasteiger partial charge in [0, 0.05) is 18.6 Å². The van der Waals surface area contributed by atoms with E-state index < -0.39 is 0 Å². The first-order valence-corrected chi connectivity index (χ1v) is 4.86. The third kappa shape index (κ3) is 2.96. The highest BCUT2D eigenvalue weighted by atomic mass is 16.3. The number of ketones is 1. The van der Waals surface area contributed by atoms with Gasteiger partial charge in [-0.25, -0.2) is 0 Å². The third-order valence-electron chi connectivity index (χ3n) is 2.11. The molecular weight excluding hydrogens is 176 g/mol. The Morgan fingerprint density at radius 3 is 2.29 bits per heavy atom. The summed E-state index contributed by atoms with van der Waals surface area (Å²) in [6, 6.07) is 5.84. The zero-order valence-corrected chi connectivity index (χ0v) is 8.71. The van der Waals surface area contributed by atoms with Crippen LogP contribution in [-0.4, -0.2) is 17.5 Å². The second kappa shape index (κ2) is 4.91. The molecule has 0 bridgehead atoms. The SMILES string of the molecule is Cc1cc(C)cc(C(=O)CCCO)c1. The lowest BCUT2D eigenvalue weighted by molar-refractivity contribution is 0.0971. The van der Waals surface area contributed by atoms with Gasteiger partial charge in [0.1, 0.15) is 0 Å². The second-order valence-corrected chi connectivity index (χ2v) is 3.63. The van der Waals surface area contributed by atoms with E-state index in [0.717, 1.165) is 16.7 Å². The van der Waals surface area contributed by atoms with Gasteiger partial charge >= 0.3 is 0 Å². The lowest BCUT2D eigenvalue weighted by Gasteiger charge is -2.03. The Hall–Kier alpha value is -1.15. The van der Waals surface area contributed by atoms with E-state index in [1.165, 1.54) is 0 Å². The summed E-state index contributed by atoms with van der Waals surface area (Å²) in [6.07, 6.45) is 0.977. The molecule has 0 aliphatic carbocycles. The van der Waals surface area contributed by atoms with Crippen molar-refractivity contribution in [1.29, 1.82) is 0 Å². The first-order chi connectivity index (χ1) is 6.63. The number of benzene rings is 1. The fraction of sp³-hybridized carbons (Fsp3) is 0.417. The second-order valence-electron chi connectivity index (χ2n) is 3.63. The Balaban J connectivity index is 2.79. The summed E-state index contributed by atoms with van der Waals surface area (Å²) in [5, 5.41) is 8.62. The zero-order valence-electron chi connectivity index (χ0n) is 8.71. The monoisotopic (exact) mass is 192 g/mol. The molecule has 0 aromatic heterocycles. The molecule has 0 radical (unpaired) electrons. The van der Waals surface area contributed by atoms with Crippen LogP contribution in [0.4, 0.5) is 0 Å². The standard InChI is InChI=1S/C12H16O2/c1-9-6-10(2)8-11(7-9)12(14)4-3-5-13/h6-8,13H,3-5H2,1-2H3. The molecule has 0 saturated heterocycles. The lowest BCUT2D eigenvalue weighted by Crippen LogP contribution is -2.01. The molecule has 0 heterocycles. The van der Waals surface area contributed by atoms with Crippen LogP contribution < -0.4 is 0 Å². The molecule has 1 aromatic rings. The minimum Gasteiger partial charge on any atom is -0.396 e. The largest absolute Gasteiger partial charge is 0.396 e. The van der Waals surface area contributed by atoms with E-state index in [9.17, 15) is 4.79 Å². The number of Topliss-reactive ketones (excluding diaryl/α,β-unsaturated/α-hetero) is 1. The van der Waals surface area contributed by atoms with Gasteiger partial charge in [-0.3, -0.25) is 4.79 Å². The van der Waals surface area contributed by atoms with Crippen molar-refractivity contribution in [1.82, 2.24) is 0 Å². The molecule has 0 atom stereocenters. The molecule has 14 heavy (non-hydrogen) atoms. The van der Waals surface area contributed by atoms with Crippen LogP contribution in [0.3, 0.4) is 0 Å². The third-order valence-corrected chi connectivity index (χ3v) is 2.11. The molecule has 76 valence electrons. The van der Waals surface area contributed by atoms with Crippen molar-refractivity contribution in [3.63, 3.8) is 0 Å². The highest BCUT2D eigenvalue weighted by molar-refractivity contribution is 5.96. The smallest absolute Gasteiger partial charge is 0.162 e. The van der Waals surface area contributed by atoms with Gasteiger partial charge in [-0.15, -0.1) is 0 Å². The number of carbonyl (C=O) groups excluding carboxylic acids is 1. The molecule has 1 N–H and O–H groups in total. The van der Waals surface area contributed by atoms with Gasteiger partial charge in [0.15, 0.2) is 5.78 Å². The van der Waals surface area contributed by atoms with Gasteiger partial charge in [0.05, 0.1) is 0 Å². The molecule has 0 aliphatic heterocycles. The van der Waals surface area contributed by atoms with Crippen molar-refractivity contribution < 1.29 is 9.90 Å². The first kappa shape index (κ1) is 10.9. The highest BCUT2D eigenvalue weighted by Crippen LogP contribution is 2.11. The molecule has 0 aliphatic rings. The summed E-state index contributed by atoms with van der Waals surface area (Å²) in [6.45, 7) is 4.04. The van der Waals surface area contributed by atoms with E-state index in [-0.39, 0.29) is 12.4 Å². The summed E-state index contributed by atoms with van der Waals surface area (Å²) >= 11 is 0. The maximum absolute atomic E-state index is 11.6. The number of rotatable bonds is 4. The topological polar surface area (TPSA) is 37.3 Å². The van der Waals surface area contributed by atoms with Crippen LogP contribution in [0.5, 0.6) is 0 Å². The average Bonchev–Trinajstić information content (AvgIpc) is 2.12. The summed E-state index contributed by atoms with van der Waals surface area (Å²) in [7, 11) is 0. The van der Waals surface area contributed by atoms with Crippen LogP contribution in [0.1, 0.15) is 34.3 Å². The summed E-state index contributed by atoms with van der Waals surface area (Å²) in [5.41, 5.74) is 2.98. The Morgan fingerprint density at radius 2 is 1.79 bits per heavy atom. The molecule has 2 nitrogen and oxygen atoms in total. The number of aliphatic hydroxyl groups excluding tert-OH is 1. The normalized spacial score (nSPS) is 10.2. The molecular formula is C12H16O2. The number of carbonyl (C=O) groups is 1. The molecule has 0 spiro atoms. The Labute approximate surface area is 84.6 Å². The minimum atomic E-state index is 0.0799. The van der Waals surface area contributed by atoms with Crippen LogP contribution in [0.2, 0.25) is 0 Å². The molecule has 1 aromatic carbocycles. The summed E-state index contributed by atoms with van der Waals surface area (Å²) in [5.74, 6) is 0.117.